The number of hydrogen-bond donors (Lipinski definition) is 4. The van der Waals surface area contributed by atoms with Gasteiger partial charge in [0.1, 0.15) is 6.04 Å². The van der Waals surface area contributed by atoms with Crippen LogP contribution in [0.5, 0.6) is 0 Å². The van der Waals surface area contributed by atoms with Gasteiger partial charge in [0.2, 0.25) is 0 Å². The Balaban J connectivity index is 0. The molecule has 6 nitrogen and oxygen atoms in total. The predicted molar refractivity (Wildman–Crippen MR) is 70.4 cm³/mol. The summed E-state index contributed by atoms with van der Waals surface area (Å²) in [7, 11) is 0. The molecule has 0 saturated carbocycles. The first-order valence-corrected chi connectivity index (χ1v) is 5.58. The van der Waals surface area contributed by atoms with Crippen molar-refractivity contribution < 1.29 is 19.8 Å². The summed E-state index contributed by atoms with van der Waals surface area (Å²) in [5, 5.41) is 19.1. The van der Waals surface area contributed by atoms with Crippen molar-refractivity contribution in [3.8, 4) is 0 Å². The van der Waals surface area contributed by atoms with Crippen molar-refractivity contribution >= 4 is 11.9 Å². The highest BCUT2D eigenvalue weighted by Crippen LogP contribution is 1.88. The van der Waals surface area contributed by atoms with E-state index >= 15 is 0 Å². The Morgan fingerprint density at radius 2 is 1.78 bits per heavy atom. The molecule has 0 saturated heterocycles. The van der Waals surface area contributed by atoms with E-state index in [9.17, 15) is 9.59 Å². The van der Waals surface area contributed by atoms with Crippen LogP contribution >= 0.6 is 0 Å². The average molecular weight is 258 g/mol. The van der Waals surface area contributed by atoms with E-state index < -0.39 is 18.0 Å². The van der Waals surface area contributed by atoms with Gasteiger partial charge < -0.3 is 21.3 Å². The first-order chi connectivity index (χ1) is 8.45. The number of rotatable bonds is 7. The molecule has 0 aromatic heterocycles. The summed E-state index contributed by atoms with van der Waals surface area (Å²) in [5.74, 6) is -1.77. The van der Waals surface area contributed by atoms with Crippen molar-refractivity contribution in [2.24, 2.45) is 5.73 Å². The van der Waals surface area contributed by atoms with Crippen molar-refractivity contribution in [3.05, 3.63) is 24.3 Å². The Kier molecular flexibility index (Phi) is 13.9. The number of carbonyl (C=O) groups is 2. The maximum absolute atomic E-state index is 10.0. The van der Waals surface area contributed by atoms with Crippen LogP contribution in [-0.4, -0.2) is 41.3 Å². The van der Waals surface area contributed by atoms with Gasteiger partial charge in [0.15, 0.2) is 0 Å². The second kappa shape index (κ2) is 13.4. The fourth-order valence-electron chi connectivity index (χ4n) is 0.764. The molecule has 0 aliphatic rings. The minimum Gasteiger partial charge on any atom is -0.480 e. The number of hydrogen-bond acceptors (Lipinski definition) is 4. The van der Waals surface area contributed by atoms with Crippen molar-refractivity contribution in [1.82, 2.24) is 5.32 Å². The Hall–Kier alpha value is -1.66. The monoisotopic (exact) mass is 258 g/mol. The third kappa shape index (κ3) is 16.8. The van der Waals surface area contributed by atoms with Gasteiger partial charge in [-0.15, -0.1) is 0 Å². The van der Waals surface area contributed by atoms with E-state index in [1.165, 1.54) is 0 Å². The molecule has 1 unspecified atom stereocenters. The van der Waals surface area contributed by atoms with E-state index in [4.69, 9.17) is 15.9 Å². The van der Waals surface area contributed by atoms with Gasteiger partial charge >= 0.3 is 11.9 Å². The molecule has 104 valence electrons. The van der Waals surface area contributed by atoms with Crippen molar-refractivity contribution in [2.45, 2.75) is 26.3 Å². The Morgan fingerprint density at radius 3 is 2.17 bits per heavy atom. The highest BCUT2D eigenvalue weighted by Gasteiger charge is 2.07. The molecule has 0 aromatic rings. The largest absolute Gasteiger partial charge is 0.480 e. The molecular formula is C12H22N2O4. The van der Waals surface area contributed by atoms with E-state index in [2.05, 4.69) is 5.32 Å². The van der Waals surface area contributed by atoms with E-state index in [0.29, 0.717) is 13.0 Å². The van der Waals surface area contributed by atoms with Crippen molar-refractivity contribution in [1.29, 1.82) is 0 Å². The minimum absolute atomic E-state index is 0.0321. The number of carboxylic acids is 2. The number of carboxylic acid groups (broad SMARTS) is 2. The average Bonchev–Trinajstić information content (AvgIpc) is 2.32. The fraction of sp³-hybridized carbons (Fsp3) is 0.500. The smallest absolute Gasteiger partial charge is 0.320 e. The normalized spacial score (nSPS) is 12.2. The van der Waals surface area contributed by atoms with Crippen LogP contribution in [-0.2, 0) is 9.59 Å². The van der Waals surface area contributed by atoms with Gasteiger partial charge in [0.05, 0.1) is 6.54 Å². The summed E-state index contributed by atoms with van der Waals surface area (Å²) in [4.78, 5) is 19.9. The first kappa shape index (κ1) is 18.7. The molecule has 0 amide bonds. The number of allylic oxidation sites excluding steroid dienone is 2. The van der Waals surface area contributed by atoms with Crippen LogP contribution in [0.2, 0.25) is 0 Å². The molecule has 0 aliphatic carbocycles. The summed E-state index contributed by atoms with van der Waals surface area (Å²) in [6.45, 7) is 4.38. The summed E-state index contributed by atoms with van der Waals surface area (Å²) < 4.78 is 0. The van der Waals surface area contributed by atoms with E-state index in [1.54, 1.807) is 12.2 Å². The van der Waals surface area contributed by atoms with E-state index in [1.807, 2.05) is 26.0 Å². The molecule has 18 heavy (non-hydrogen) atoms. The summed E-state index contributed by atoms with van der Waals surface area (Å²) in [6, 6.07) is -0.749. The van der Waals surface area contributed by atoms with Crippen LogP contribution in [0, 0.1) is 0 Å². The Bertz CT molecular complexity index is 288. The van der Waals surface area contributed by atoms with Gasteiger partial charge in [-0.25, -0.2) is 0 Å². The molecule has 0 rings (SSSR count). The Labute approximate surface area is 107 Å². The second-order valence-corrected chi connectivity index (χ2v) is 3.34. The van der Waals surface area contributed by atoms with Gasteiger partial charge in [0, 0.05) is 6.54 Å². The van der Waals surface area contributed by atoms with Gasteiger partial charge in [-0.2, -0.15) is 0 Å². The molecule has 0 aliphatic heterocycles. The predicted octanol–water partition coefficient (Wildman–Crippen LogP) is 0.601. The van der Waals surface area contributed by atoms with E-state index in [-0.39, 0.29) is 6.54 Å². The molecule has 0 radical (unpaired) electrons. The molecule has 1 atom stereocenters. The molecule has 0 fully saturated rings. The van der Waals surface area contributed by atoms with E-state index in [0.717, 1.165) is 0 Å². The second-order valence-electron chi connectivity index (χ2n) is 3.34. The molecule has 0 spiro atoms. The van der Waals surface area contributed by atoms with Crippen LogP contribution < -0.4 is 11.1 Å². The number of nitrogens with two attached hydrogens (primary N) is 1. The highest BCUT2D eigenvalue weighted by molar-refractivity contribution is 5.73. The summed E-state index contributed by atoms with van der Waals surface area (Å²) in [6.07, 6.45) is 7.66. The lowest BCUT2D eigenvalue weighted by molar-refractivity contribution is -0.138. The maximum atomic E-state index is 10.0. The third-order valence-corrected chi connectivity index (χ3v) is 1.72. The molecule has 0 aromatic carbocycles. The van der Waals surface area contributed by atoms with Crippen LogP contribution in [0.25, 0.3) is 0 Å². The SMILES string of the molecule is C/C=C/CNCC(=O)O.C/C=C\CC(N)C(=O)O. The minimum atomic E-state index is -0.951. The summed E-state index contributed by atoms with van der Waals surface area (Å²) >= 11 is 0. The number of nitrogens with one attached hydrogen (secondary N) is 1. The highest BCUT2D eigenvalue weighted by atomic mass is 16.4. The third-order valence-electron chi connectivity index (χ3n) is 1.72. The lowest BCUT2D eigenvalue weighted by atomic mass is 10.2. The zero-order valence-corrected chi connectivity index (χ0v) is 10.8. The van der Waals surface area contributed by atoms with Gasteiger partial charge in [-0.05, 0) is 20.3 Å². The van der Waals surface area contributed by atoms with Gasteiger partial charge in [0.25, 0.3) is 0 Å². The number of aliphatic carboxylic acids is 2. The Morgan fingerprint density at radius 1 is 1.22 bits per heavy atom. The van der Waals surface area contributed by atoms with Crippen molar-refractivity contribution in [3.63, 3.8) is 0 Å². The van der Waals surface area contributed by atoms with Crippen LogP contribution in [0.1, 0.15) is 20.3 Å². The lowest BCUT2D eigenvalue weighted by Gasteiger charge is -1.98. The molecular weight excluding hydrogens is 236 g/mol. The standard InChI is InChI=1S/2C6H11NO2/c1-2-3-4-7-5-6(8)9;1-2-3-4-5(7)6(8)9/h2-3,7H,4-5H2,1H3,(H,8,9);2-3,5H,4,7H2,1H3,(H,8,9)/b3-2+;3-2-. The lowest BCUT2D eigenvalue weighted by Crippen LogP contribution is -2.29. The zero-order valence-electron chi connectivity index (χ0n) is 10.8. The van der Waals surface area contributed by atoms with Gasteiger partial charge in [-0.3, -0.25) is 9.59 Å². The molecule has 6 heteroatoms. The maximum Gasteiger partial charge on any atom is 0.320 e. The van der Waals surface area contributed by atoms with Crippen LogP contribution in [0.4, 0.5) is 0 Å². The van der Waals surface area contributed by atoms with Crippen LogP contribution in [0.15, 0.2) is 24.3 Å². The molecule has 0 bridgehead atoms. The fourth-order valence-corrected chi connectivity index (χ4v) is 0.764. The molecule has 0 heterocycles. The van der Waals surface area contributed by atoms with Gasteiger partial charge in [-0.1, -0.05) is 24.3 Å². The topological polar surface area (TPSA) is 113 Å². The van der Waals surface area contributed by atoms with Crippen molar-refractivity contribution in [2.75, 3.05) is 13.1 Å². The zero-order chi connectivity index (χ0) is 14.4. The summed E-state index contributed by atoms with van der Waals surface area (Å²) in [5.41, 5.74) is 5.15. The van der Waals surface area contributed by atoms with Crippen LogP contribution in [0.3, 0.4) is 0 Å². The molecule has 5 N–H and O–H groups in total. The first-order valence-electron chi connectivity index (χ1n) is 5.58. The quantitative estimate of drug-likeness (QED) is 0.393.